The van der Waals surface area contributed by atoms with E-state index in [1.165, 1.54) is 0 Å². The van der Waals surface area contributed by atoms with Gasteiger partial charge in [-0.15, -0.1) is 0 Å². The number of ether oxygens (including phenoxy) is 1. The fourth-order valence-corrected chi connectivity index (χ4v) is 2.73. The Hall–Kier alpha value is 1.23. The molecule has 1 aromatic heterocycles. The molecule has 1 aliphatic rings. The molecule has 0 fully saturated rings. The number of esters is 1. The number of carboxylic acid groups (broad SMARTS) is 2. The van der Waals surface area contributed by atoms with Gasteiger partial charge < -0.3 is 25.1 Å². The molecule has 1 heterocycles. The first-order chi connectivity index (χ1) is 12.4. The maximum Gasteiger partial charge on any atom is 1.00 e. The molecule has 0 bridgehead atoms. The maximum absolute atomic E-state index is 11.6. The number of aromatic nitrogens is 2. The second-order valence-corrected chi connectivity index (χ2v) is 5.63. The standard InChI is InChI=1S/C16H16ClN3O2.CH2O3.2Cs/c1-2-22-15(21)10-6-8-11(9-7-10)18-14-12-4-3-5-13(12)19-16(17)20-14;2-1(3)4;;/h6-9H,2-5H2,1H3,(H,18,19,20);(H2,2,3,4);;/q;;2*+1/p-2. The van der Waals surface area contributed by atoms with Gasteiger partial charge in [0.05, 0.1) is 17.9 Å². The first-order valence-corrected chi connectivity index (χ1v) is 8.26. The van der Waals surface area contributed by atoms with E-state index in [9.17, 15) is 4.79 Å². The summed E-state index contributed by atoms with van der Waals surface area (Å²) in [5.41, 5.74) is 3.51. The van der Waals surface area contributed by atoms with Gasteiger partial charge in [0.1, 0.15) is 5.82 Å². The van der Waals surface area contributed by atoms with Gasteiger partial charge in [-0.05, 0) is 68.2 Å². The topological polar surface area (TPSA) is 127 Å². The Morgan fingerprint density at radius 1 is 1.14 bits per heavy atom. The van der Waals surface area contributed by atoms with Crippen LogP contribution in [0.3, 0.4) is 0 Å². The van der Waals surface area contributed by atoms with Crippen molar-refractivity contribution in [3.63, 3.8) is 0 Å². The molecular weight excluding hydrogens is 627 g/mol. The van der Waals surface area contributed by atoms with Crippen LogP contribution in [0, 0.1) is 0 Å². The Labute approximate surface area is 285 Å². The second-order valence-electron chi connectivity index (χ2n) is 5.29. The van der Waals surface area contributed by atoms with Crippen LogP contribution in [-0.2, 0) is 17.6 Å². The minimum atomic E-state index is -2.33. The van der Waals surface area contributed by atoms with Crippen molar-refractivity contribution in [3.8, 4) is 0 Å². The Bertz CT molecular complexity index is 802. The molecular formula is C17H16ClCs2N3O5. The molecule has 0 radical (unpaired) electrons. The Morgan fingerprint density at radius 3 is 2.32 bits per heavy atom. The zero-order valence-electron chi connectivity index (χ0n) is 16.0. The number of halogens is 1. The first kappa shape index (κ1) is 29.2. The minimum Gasteiger partial charge on any atom is -0.652 e. The molecule has 0 saturated heterocycles. The smallest absolute Gasteiger partial charge is 0.652 e. The van der Waals surface area contributed by atoms with Gasteiger partial charge in [-0.2, -0.15) is 0 Å². The van der Waals surface area contributed by atoms with Crippen LogP contribution in [0.2, 0.25) is 5.28 Å². The van der Waals surface area contributed by atoms with Crippen molar-refractivity contribution < 1.29 is 162 Å². The van der Waals surface area contributed by atoms with Gasteiger partial charge in [-0.1, -0.05) is 0 Å². The van der Waals surface area contributed by atoms with Gasteiger partial charge >= 0.3 is 144 Å². The molecule has 8 nitrogen and oxygen atoms in total. The minimum absolute atomic E-state index is 0. The van der Waals surface area contributed by atoms with Crippen molar-refractivity contribution in [2.75, 3.05) is 11.9 Å². The number of benzene rings is 1. The van der Waals surface area contributed by atoms with Crippen molar-refractivity contribution in [3.05, 3.63) is 46.4 Å². The van der Waals surface area contributed by atoms with E-state index in [4.69, 9.17) is 31.3 Å². The van der Waals surface area contributed by atoms with E-state index >= 15 is 0 Å². The monoisotopic (exact) mass is 643 g/mol. The fraction of sp³-hybridized carbons (Fsp3) is 0.294. The van der Waals surface area contributed by atoms with E-state index in [-0.39, 0.29) is 149 Å². The summed E-state index contributed by atoms with van der Waals surface area (Å²) in [7, 11) is 0. The molecule has 0 aliphatic heterocycles. The van der Waals surface area contributed by atoms with Crippen LogP contribution in [0.15, 0.2) is 24.3 Å². The zero-order valence-corrected chi connectivity index (χ0v) is 29.3. The predicted octanol–water partition coefficient (Wildman–Crippen LogP) is -4.90. The molecule has 0 atom stereocenters. The number of carbonyl (C=O) groups is 2. The van der Waals surface area contributed by atoms with E-state index in [1.807, 2.05) is 12.1 Å². The van der Waals surface area contributed by atoms with Crippen LogP contribution in [0.25, 0.3) is 0 Å². The molecule has 138 valence electrons. The number of rotatable bonds is 4. The quantitative estimate of drug-likeness (QED) is 0.260. The van der Waals surface area contributed by atoms with E-state index in [0.29, 0.717) is 12.2 Å². The third-order valence-corrected chi connectivity index (χ3v) is 3.73. The summed E-state index contributed by atoms with van der Waals surface area (Å²) in [5, 5.41) is 20.2. The second kappa shape index (κ2) is 15.1. The average molecular weight is 644 g/mol. The molecule has 28 heavy (non-hydrogen) atoms. The summed E-state index contributed by atoms with van der Waals surface area (Å²) < 4.78 is 4.96. The number of nitrogens with one attached hydrogen (secondary N) is 1. The van der Waals surface area contributed by atoms with Crippen molar-refractivity contribution >= 4 is 35.2 Å². The predicted molar refractivity (Wildman–Crippen MR) is 90.1 cm³/mol. The number of anilines is 2. The summed E-state index contributed by atoms with van der Waals surface area (Å²) in [4.78, 5) is 28.5. The van der Waals surface area contributed by atoms with Crippen molar-refractivity contribution in [2.24, 2.45) is 0 Å². The molecule has 2 aromatic rings. The fourth-order valence-electron chi connectivity index (χ4n) is 2.55. The number of carbonyl (C=O) groups excluding carboxylic acids is 2. The molecule has 0 amide bonds. The summed E-state index contributed by atoms with van der Waals surface area (Å²) in [6, 6.07) is 7.10. The van der Waals surface area contributed by atoms with Crippen molar-refractivity contribution in [1.82, 2.24) is 9.97 Å². The third-order valence-electron chi connectivity index (χ3n) is 3.56. The molecule has 1 N–H and O–H groups in total. The van der Waals surface area contributed by atoms with E-state index in [1.54, 1.807) is 19.1 Å². The van der Waals surface area contributed by atoms with E-state index in [0.717, 1.165) is 42.0 Å². The number of hydrogen-bond donors (Lipinski definition) is 1. The normalized spacial score (nSPS) is 10.9. The summed E-state index contributed by atoms with van der Waals surface area (Å²) in [6.07, 6.45) is 0.630. The van der Waals surface area contributed by atoms with Crippen LogP contribution in [0.4, 0.5) is 16.3 Å². The SMILES string of the molecule is CCOC(=O)c1ccc(Nc2nc(Cl)nc3c2CCC3)cc1.O=C([O-])[O-].[Cs+].[Cs+]. The summed E-state index contributed by atoms with van der Waals surface area (Å²) >= 11 is 5.97. The molecule has 1 aliphatic carbocycles. The van der Waals surface area contributed by atoms with Gasteiger partial charge in [0, 0.05) is 11.3 Å². The summed E-state index contributed by atoms with van der Waals surface area (Å²) in [5.74, 6) is 0.427. The van der Waals surface area contributed by atoms with E-state index < -0.39 is 6.16 Å². The van der Waals surface area contributed by atoms with Gasteiger partial charge in [-0.25, -0.2) is 14.8 Å². The van der Waals surface area contributed by atoms with Crippen LogP contribution < -0.4 is 153 Å². The van der Waals surface area contributed by atoms with Crippen LogP contribution >= 0.6 is 11.6 Å². The number of fused-ring (bicyclic) bond motifs is 1. The van der Waals surface area contributed by atoms with Crippen LogP contribution in [0.1, 0.15) is 35.0 Å². The van der Waals surface area contributed by atoms with Gasteiger partial charge in [0.15, 0.2) is 0 Å². The number of hydrogen-bond acceptors (Lipinski definition) is 8. The van der Waals surface area contributed by atoms with Gasteiger partial charge in [0.2, 0.25) is 5.28 Å². The number of aryl methyl sites for hydroxylation is 1. The molecule has 11 heteroatoms. The number of nitrogens with zero attached hydrogens (tertiary/aromatic N) is 2. The molecule has 0 spiro atoms. The maximum atomic E-state index is 11.6. The van der Waals surface area contributed by atoms with Gasteiger partial charge in [-0.3, -0.25) is 0 Å². The van der Waals surface area contributed by atoms with Crippen LogP contribution in [0.5, 0.6) is 0 Å². The molecule has 0 unspecified atom stereocenters. The van der Waals surface area contributed by atoms with E-state index in [2.05, 4.69) is 15.3 Å². The third kappa shape index (κ3) is 9.58. The van der Waals surface area contributed by atoms with Crippen LogP contribution in [-0.4, -0.2) is 28.7 Å². The molecule has 3 rings (SSSR count). The largest absolute Gasteiger partial charge is 1.00 e. The van der Waals surface area contributed by atoms with Crippen molar-refractivity contribution in [1.29, 1.82) is 0 Å². The van der Waals surface area contributed by atoms with Gasteiger partial charge in [0.25, 0.3) is 0 Å². The average Bonchev–Trinajstić information content (AvgIpc) is 3.03. The Balaban J connectivity index is 0.00000111. The molecule has 1 aromatic carbocycles. The first-order valence-electron chi connectivity index (χ1n) is 7.88. The van der Waals surface area contributed by atoms with Crippen molar-refractivity contribution in [2.45, 2.75) is 26.2 Å². The summed E-state index contributed by atoms with van der Waals surface area (Å²) in [6.45, 7) is 2.15. The zero-order chi connectivity index (χ0) is 19.1. The Morgan fingerprint density at radius 2 is 1.75 bits per heavy atom. The Kier molecular flexibility index (Phi) is 15.8. The molecule has 0 saturated carbocycles.